The summed E-state index contributed by atoms with van der Waals surface area (Å²) in [6.07, 6.45) is 1.56. The summed E-state index contributed by atoms with van der Waals surface area (Å²) in [6, 6.07) is 7.54. The van der Waals surface area contributed by atoms with Gasteiger partial charge in [0.25, 0.3) is 0 Å². The minimum Gasteiger partial charge on any atom is -0.477 e. The first-order valence-corrected chi connectivity index (χ1v) is 5.57. The molecule has 0 atom stereocenters. The predicted molar refractivity (Wildman–Crippen MR) is 65.4 cm³/mol. The zero-order chi connectivity index (χ0) is 13.1. The molecule has 92 valence electrons. The second-order valence-electron chi connectivity index (χ2n) is 3.73. The normalized spacial score (nSPS) is 10.3. The van der Waals surface area contributed by atoms with E-state index in [4.69, 9.17) is 16.7 Å². The molecule has 18 heavy (non-hydrogen) atoms. The van der Waals surface area contributed by atoms with Gasteiger partial charge in [0, 0.05) is 17.6 Å². The Labute approximate surface area is 108 Å². The molecule has 0 bridgehead atoms. The minimum atomic E-state index is -1.13. The number of pyridine rings is 1. The molecular weight excluding hydrogens is 257 g/mol. The van der Waals surface area contributed by atoms with E-state index in [0.29, 0.717) is 16.1 Å². The molecule has 1 aromatic heterocycles. The number of aromatic carboxylic acids is 1. The maximum absolute atomic E-state index is 13.6. The topological polar surface area (TPSA) is 50.2 Å². The molecule has 0 saturated heterocycles. The summed E-state index contributed by atoms with van der Waals surface area (Å²) in [7, 11) is 0. The number of carbonyl (C=O) groups is 1. The number of benzene rings is 1. The van der Waals surface area contributed by atoms with Crippen molar-refractivity contribution in [2.75, 3.05) is 0 Å². The summed E-state index contributed by atoms with van der Waals surface area (Å²) in [4.78, 5) is 14.7. The van der Waals surface area contributed by atoms with Gasteiger partial charge >= 0.3 is 5.97 Å². The fraction of sp³-hybridized carbons (Fsp3) is 0.0769. The standard InChI is InChI=1S/C13H9ClFNO2/c14-10-4-3-8(11(15)7-10)6-9-2-1-5-16-12(9)13(17)18/h1-5,7H,6H2,(H,17,18). The van der Waals surface area contributed by atoms with Crippen LogP contribution in [0.25, 0.3) is 0 Å². The second-order valence-corrected chi connectivity index (χ2v) is 4.17. The highest BCUT2D eigenvalue weighted by Crippen LogP contribution is 2.19. The van der Waals surface area contributed by atoms with Gasteiger partial charge in [-0.25, -0.2) is 14.2 Å². The van der Waals surface area contributed by atoms with Gasteiger partial charge in [0.15, 0.2) is 5.69 Å². The zero-order valence-corrected chi connectivity index (χ0v) is 9.99. The van der Waals surface area contributed by atoms with Crippen LogP contribution in [0.1, 0.15) is 21.6 Å². The molecule has 0 fully saturated rings. The SMILES string of the molecule is O=C(O)c1ncccc1Cc1ccc(Cl)cc1F. The third-order valence-corrected chi connectivity index (χ3v) is 2.72. The predicted octanol–water partition coefficient (Wildman–Crippen LogP) is 3.16. The van der Waals surface area contributed by atoms with Crippen molar-refractivity contribution < 1.29 is 14.3 Å². The van der Waals surface area contributed by atoms with Gasteiger partial charge in [-0.2, -0.15) is 0 Å². The van der Waals surface area contributed by atoms with E-state index in [1.165, 1.54) is 18.3 Å². The number of carboxylic acid groups (broad SMARTS) is 1. The van der Waals surface area contributed by atoms with Crippen molar-refractivity contribution in [1.82, 2.24) is 4.98 Å². The van der Waals surface area contributed by atoms with E-state index >= 15 is 0 Å². The fourth-order valence-corrected chi connectivity index (χ4v) is 1.80. The Morgan fingerprint density at radius 2 is 2.11 bits per heavy atom. The second kappa shape index (κ2) is 5.14. The Bertz CT molecular complexity index is 601. The van der Waals surface area contributed by atoms with Crippen LogP contribution in [0, 0.1) is 5.82 Å². The molecule has 2 rings (SSSR count). The largest absolute Gasteiger partial charge is 0.477 e. The van der Waals surface area contributed by atoms with Crippen molar-refractivity contribution in [3.63, 3.8) is 0 Å². The Balaban J connectivity index is 2.37. The minimum absolute atomic E-state index is 0.0631. The summed E-state index contributed by atoms with van der Waals surface area (Å²) < 4.78 is 13.6. The Morgan fingerprint density at radius 3 is 2.78 bits per heavy atom. The first-order valence-electron chi connectivity index (χ1n) is 5.19. The smallest absolute Gasteiger partial charge is 0.354 e. The molecule has 0 unspecified atom stereocenters. The van der Waals surface area contributed by atoms with Crippen LogP contribution in [0.3, 0.4) is 0 Å². The van der Waals surface area contributed by atoms with E-state index in [1.807, 2.05) is 0 Å². The lowest BCUT2D eigenvalue weighted by molar-refractivity contribution is 0.0689. The molecule has 5 heteroatoms. The highest BCUT2D eigenvalue weighted by Gasteiger charge is 2.13. The molecule has 0 radical (unpaired) electrons. The maximum Gasteiger partial charge on any atom is 0.354 e. The molecule has 0 aliphatic rings. The highest BCUT2D eigenvalue weighted by molar-refractivity contribution is 6.30. The van der Waals surface area contributed by atoms with E-state index in [2.05, 4.69) is 4.98 Å². The average molecular weight is 266 g/mol. The van der Waals surface area contributed by atoms with Crippen LogP contribution < -0.4 is 0 Å². The molecule has 0 saturated carbocycles. The van der Waals surface area contributed by atoms with Crippen molar-refractivity contribution in [2.45, 2.75) is 6.42 Å². The van der Waals surface area contributed by atoms with E-state index in [0.717, 1.165) is 0 Å². The average Bonchev–Trinajstić information content (AvgIpc) is 2.33. The first-order chi connectivity index (χ1) is 8.58. The summed E-state index contributed by atoms with van der Waals surface area (Å²) in [6.45, 7) is 0. The quantitative estimate of drug-likeness (QED) is 0.927. The summed E-state index contributed by atoms with van der Waals surface area (Å²) >= 11 is 5.66. The number of aromatic nitrogens is 1. The number of hydrogen-bond donors (Lipinski definition) is 1. The molecule has 0 spiro atoms. The molecule has 2 aromatic rings. The monoisotopic (exact) mass is 265 g/mol. The third kappa shape index (κ3) is 2.65. The lowest BCUT2D eigenvalue weighted by Crippen LogP contribution is -2.06. The highest BCUT2D eigenvalue weighted by atomic mass is 35.5. The third-order valence-electron chi connectivity index (χ3n) is 2.49. The lowest BCUT2D eigenvalue weighted by atomic mass is 10.0. The van der Waals surface area contributed by atoms with Crippen molar-refractivity contribution in [1.29, 1.82) is 0 Å². The van der Waals surface area contributed by atoms with Gasteiger partial charge < -0.3 is 5.11 Å². The molecule has 0 amide bonds. The Morgan fingerprint density at radius 1 is 1.33 bits per heavy atom. The number of nitrogens with zero attached hydrogens (tertiary/aromatic N) is 1. The number of rotatable bonds is 3. The van der Waals surface area contributed by atoms with Crippen molar-refractivity contribution in [2.24, 2.45) is 0 Å². The van der Waals surface area contributed by atoms with Gasteiger partial charge in [0.2, 0.25) is 0 Å². The van der Waals surface area contributed by atoms with Crippen LogP contribution in [-0.2, 0) is 6.42 Å². The van der Waals surface area contributed by atoms with E-state index in [1.54, 1.807) is 18.2 Å². The van der Waals surface area contributed by atoms with Crippen LogP contribution in [0.4, 0.5) is 4.39 Å². The van der Waals surface area contributed by atoms with Gasteiger partial charge in [0.1, 0.15) is 5.82 Å². The van der Waals surface area contributed by atoms with Gasteiger partial charge in [-0.05, 0) is 29.3 Å². The van der Waals surface area contributed by atoms with Gasteiger partial charge in [0.05, 0.1) is 0 Å². The van der Waals surface area contributed by atoms with Gasteiger partial charge in [-0.15, -0.1) is 0 Å². The van der Waals surface area contributed by atoms with E-state index in [-0.39, 0.29) is 12.1 Å². The molecule has 1 aromatic carbocycles. The summed E-state index contributed by atoms with van der Waals surface area (Å²) in [5.41, 5.74) is 0.785. The van der Waals surface area contributed by atoms with E-state index in [9.17, 15) is 9.18 Å². The van der Waals surface area contributed by atoms with Crippen LogP contribution in [0.5, 0.6) is 0 Å². The number of hydrogen-bond acceptors (Lipinski definition) is 2. The van der Waals surface area contributed by atoms with Crippen LogP contribution in [0.2, 0.25) is 5.02 Å². The van der Waals surface area contributed by atoms with Crippen molar-refractivity contribution >= 4 is 17.6 Å². The van der Waals surface area contributed by atoms with Gasteiger partial charge in [-0.3, -0.25) is 0 Å². The van der Waals surface area contributed by atoms with E-state index < -0.39 is 11.8 Å². The number of halogens is 2. The van der Waals surface area contributed by atoms with Crippen LogP contribution in [-0.4, -0.2) is 16.1 Å². The zero-order valence-electron chi connectivity index (χ0n) is 9.23. The molecular formula is C13H9ClFNO2. The number of carboxylic acids is 1. The van der Waals surface area contributed by atoms with Crippen molar-refractivity contribution in [3.05, 3.63) is 64.2 Å². The molecule has 3 nitrogen and oxygen atoms in total. The van der Waals surface area contributed by atoms with Crippen LogP contribution >= 0.6 is 11.6 Å². The molecule has 1 heterocycles. The Kier molecular flexibility index (Phi) is 3.58. The summed E-state index contributed by atoms with van der Waals surface area (Å²) in [5, 5.41) is 9.29. The van der Waals surface area contributed by atoms with Crippen molar-refractivity contribution in [3.8, 4) is 0 Å². The molecule has 1 N–H and O–H groups in total. The lowest BCUT2D eigenvalue weighted by Gasteiger charge is -2.06. The fourth-order valence-electron chi connectivity index (χ4n) is 1.64. The molecule has 0 aliphatic heterocycles. The molecule has 0 aliphatic carbocycles. The Hall–Kier alpha value is -1.94. The maximum atomic E-state index is 13.6. The first kappa shape index (κ1) is 12.5. The van der Waals surface area contributed by atoms with Gasteiger partial charge in [-0.1, -0.05) is 23.7 Å². The summed E-state index contributed by atoms with van der Waals surface area (Å²) in [5.74, 6) is -1.58. The van der Waals surface area contributed by atoms with Crippen LogP contribution in [0.15, 0.2) is 36.5 Å².